The molecule has 2 aliphatic rings. The van der Waals surface area contributed by atoms with Gasteiger partial charge in [-0.1, -0.05) is 6.92 Å². The number of carbonyl (C=O) groups excluding carboxylic acids is 1. The van der Waals surface area contributed by atoms with Gasteiger partial charge in [-0.25, -0.2) is 0 Å². The Kier molecular flexibility index (Phi) is 4.77. The van der Waals surface area contributed by atoms with Gasteiger partial charge in [-0.15, -0.1) is 0 Å². The number of carbonyl (C=O) groups is 2. The summed E-state index contributed by atoms with van der Waals surface area (Å²) >= 11 is 0. The van der Waals surface area contributed by atoms with Gasteiger partial charge in [0.05, 0.1) is 12.5 Å². The SMILES string of the molecule is CCN1CCC2=C(C1)C(C(=O)O)CC(=O)N2CCOC. The first-order valence-electron chi connectivity index (χ1n) is 7.04. The van der Waals surface area contributed by atoms with Gasteiger partial charge in [0.25, 0.3) is 0 Å². The van der Waals surface area contributed by atoms with Crippen molar-refractivity contribution in [3.05, 3.63) is 11.3 Å². The van der Waals surface area contributed by atoms with Crippen LogP contribution in [0.3, 0.4) is 0 Å². The average molecular weight is 282 g/mol. The number of nitrogens with zero attached hydrogens (tertiary/aromatic N) is 2. The lowest BCUT2D eigenvalue weighted by Gasteiger charge is -2.40. The molecule has 0 radical (unpaired) electrons. The second-order valence-electron chi connectivity index (χ2n) is 5.22. The van der Waals surface area contributed by atoms with Crippen molar-refractivity contribution in [1.82, 2.24) is 9.80 Å². The van der Waals surface area contributed by atoms with Gasteiger partial charge in [-0.05, 0) is 12.1 Å². The molecule has 6 heteroatoms. The van der Waals surface area contributed by atoms with Gasteiger partial charge in [0.2, 0.25) is 5.91 Å². The van der Waals surface area contributed by atoms with Crippen molar-refractivity contribution < 1.29 is 19.4 Å². The maximum atomic E-state index is 12.2. The van der Waals surface area contributed by atoms with Crippen LogP contribution in [0.25, 0.3) is 0 Å². The van der Waals surface area contributed by atoms with Gasteiger partial charge in [0, 0.05) is 45.3 Å². The lowest BCUT2D eigenvalue weighted by atomic mass is 9.86. The molecule has 1 unspecified atom stereocenters. The van der Waals surface area contributed by atoms with Crippen LogP contribution in [0.4, 0.5) is 0 Å². The number of amides is 1. The normalized spacial score (nSPS) is 24.0. The lowest BCUT2D eigenvalue weighted by molar-refractivity contribution is -0.145. The number of rotatable bonds is 5. The number of hydrogen-bond donors (Lipinski definition) is 1. The molecule has 6 nitrogen and oxygen atoms in total. The smallest absolute Gasteiger partial charge is 0.311 e. The number of aliphatic carboxylic acids is 1. The summed E-state index contributed by atoms with van der Waals surface area (Å²) in [6, 6.07) is 0. The van der Waals surface area contributed by atoms with Crippen molar-refractivity contribution in [2.45, 2.75) is 19.8 Å². The zero-order valence-corrected chi connectivity index (χ0v) is 12.1. The number of hydrogen-bond acceptors (Lipinski definition) is 4. The summed E-state index contributed by atoms with van der Waals surface area (Å²) in [7, 11) is 1.60. The maximum absolute atomic E-state index is 12.2. The highest BCUT2D eigenvalue weighted by atomic mass is 16.5. The lowest BCUT2D eigenvalue weighted by Crippen LogP contribution is -2.47. The van der Waals surface area contributed by atoms with Crippen LogP contribution in [0.2, 0.25) is 0 Å². The van der Waals surface area contributed by atoms with E-state index in [2.05, 4.69) is 11.8 Å². The number of methoxy groups -OCH3 is 1. The zero-order valence-electron chi connectivity index (χ0n) is 12.1. The van der Waals surface area contributed by atoms with Gasteiger partial charge in [0.15, 0.2) is 0 Å². The number of carboxylic acid groups (broad SMARTS) is 1. The fourth-order valence-electron chi connectivity index (χ4n) is 2.96. The molecule has 2 aliphatic heterocycles. The second-order valence-corrected chi connectivity index (χ2v) is 5.22. The highest BCUT2D eigenvalue weighted by Crippen LogP contribution is 2.34. The Hall–Kier alpha value is -1.40. The van der Waals surface area contributed by atoms with Gasteiger partial charge in [0.1, 0.15) is 0 Å². The molecular weight excluding hydrogens is 260 g/mol. The summed E-state index contributed by atoms with van der Waals surface area (Å²) in [4.78, 5) is 27.6. The number of ether oxygens (including phenoxy) is 1. The monoisotopic (exact) mass is 282 g/mol. The van der Waals surface area contributed by atoms with Gasteiger partial charge in [-0.2, -0.15) is 0 Å². The van der Waals surface area contributed by atoms with Crippen molar-refractivity contribution in [2.75, 3.05) is 39.9 Å². The molecule has 0 fully saturated rings. The highest BCUT2D eigenvalue weighted by molar-refractivity contribution is 5.88. The maximum Gasteiger partial charge on any atom is 0.311 e. The van der Waals surface area contributed by atoms with E-state index < -0.39 is 11.9 Å². The number of carboxylic acids is 1. The van der Waals surface area contributed by atoms with E-state index in [-0.39, 0.29) is 12.3 Å². The number of likely N-dealkylation sites (N-methyl/N-ethyl adjacent to an activating group) is 1. The molecule has 0 aromatic carbocycles. The van der Waals surface area contributed by atoms with Crippen LogP contribution >= 0.6 is 0 Å². The molecule has 0 saturated carbocycles. The van der Waals surface area contributed by atoms with Crippen molar-refractivity contribution in [3.8, 4) is 0 Å². The van der Waals surface area contributed by atoms with Crippen molar-refractivity contribution >= 4 is 11.9 Å². The summed E-state index contributed by atoms with van der Waals surface area (Å²) in [5.74, 6) is -1.65. The van der Waals surface area contributed by atoms with Crippen LogP contribution in [0, 0.1) is 5.92 Å². The minimum absolute atomic E-state index is 0.0649. The molecule has 2 heterocycles. The topological polar surface area (TPSA) is 70.1 Å². The quantitative estimate of drug-likeness (QED) is 0.797. The minimum Gasteiger partial charge on any atom is -0.481 e. The van der Waals surface area contributed by atoms with E-state index in [9.17, 15) is 14.7 Å². The van der Waals surface area contributed by atoms with Crippen LogP contribution < -0.4 is 0 Å². The van der Waals surface area contributed by atoms with E-state index in [0.29, 0.717) is 19.7 Å². The molecule has 20 heavy (non-hydrogen) atoms. The molecule has 0 bridgehead atoms. The Bertz CT molecular complexity index is 433. The highest BCUT2D eigenvalue weighted by Gasteiger charge is 2.39. The zero-order chi connectivity index (χ0) is 14.7. The van der Waals surface area contributed by atoms with Gasteiger partial charge >= 0.3 is 5.97 Å². The Morgan fingerprint density at radius 2 is 2.25 bits per heavy atom. The molecule has 0 aliphatic carbocycles. The first-order chi connectivity index (χ1) is 9.58. The van der Waals surface area contributed by atoms with Crippen molar-refractivity contribution in [3.63, 3.8) is 0 Å². The predicted octanol–water partition coefficient (Wildman–Crippen LogP) is 0.546. The molecular formula is C14H22N2O4. The third-order valence-electron chi connectivity index (χ3n) is 4.12. The van der Waals surface area contributed by atoms with Gasteiger partial charge in [-0.3, -0.25) is 14.5 Å². The second kappa shape index (κ2) is 6.37. The van der Waals surface area contributed by atoms with Crippen LogP contribution in [0.5, 0.6) is 0 Å². The fraction of sp³-hybridized carbons (Fsp3) is 0.714. The molecule has 2 rings (SSSR count). The van der Waals surface area contributed by atoms with Gasteiger partial charge < -0.3 is 14.7 Å². The van der Waals surface area contributed by atoms with E-state index in [4.69, 9.17) is 4.74 Å². The summed E-state index contributed by atoms with van der Waals surface area (Å²) in [5, 5.41) is 9.37. The molecule has 0 aromatic heterocycles. The largest absolute Gasteiger partial charge is 0.481 e. The summed E-state index contributed by atoms with van der Waals surface area (Å²) in [6.45, 7) is 5.47. The first-order valence-corrected chi connectivity index (χ1v) is 7.04. The molecule has 0 spiro atoms. The van der Waals surface area contributed by atoms with E-state index in [1.807, 2.05) is 0 Å². The summed E-state index contributed by atoms with van der Waals surface area (Å²) < 4.78 is 5.05. The predicted molar refractivity (Wildman–Crippen MR) is 73.1 cm³/mol. The molecule has 0 aromatic rings. The minimum atomic E-state index is -0.893. The van der Waals surface area contributed by atoms with Crippen LogP contribution in [0.15, 0.2) is 11.3 Å². The van der Waals surface area contributed by atoms with E-state index in [1.54, 1.807) is 12.0 Å². The average Bonchev–Trinajstić information content (AvgIpc) is 2.45. The van der Waals surface area contributed by atoms with E-state index >= 15 is 0 Å². The Balaban J connectivity index is 2.30. The standard InChI is InChI=1S/C14H22N2O4/c1-3-15-5-4-12-11(9-15)10(14(18)19)8-13(17)16(12)6-7-20-2/h10H,3-9H2,1-2H3,(H,18,19). The third kappa shape index (κ3) is 2.86. The van der Waals surface area contributed by atoms with Crippen LogP contribution in [-0.4, -0.2) is 66.7 Å². The molecule has 1 amide bonds. The van der Waals surface area contributed by atoms with Crippen molar-refractivity contribution in [2.24, 2.45) is 5.92 Å². The van der Waals surface area contributed by atoms with Crippen molar-refractivity contribution in [1.29, 1.82) is 0 Å². The Morgan fingerprint density at radius 1 is 1.50 bits per heavy atom. The van der Waals surface area contributed by atoms with Crippen LogP contribution in [-0.2, 0) is 14.3 Å². The Labute approximate surface area is 119 Å². The molecule has 1 atom stereocenters. The molecule has 112 valence electrons. The molecule has 1 N–H and O–H groups in total. The van der Waals surface area contributed by atoms with Crippen LogP contribution in [0.1, 0.15) is 19.8 Å². The van der Waals surface area contributed by atoms with E-state index in [1.165, 1.54) is 0 Å². The first kappa shape index (κ1) is 15.0. The molecule has 0 saturated heterocycles. The fourth-order valence-corrected chi connectivity index (χ4v) is 2.96. The Morgan fingerprint density at radius 3 is 2.85 bits per heavy atom. The third-order valence-corrected chi connectivity index (χ3v) is 4.12. The summed E-state index contributed by atoms with van der Waals surface area (Å²) in [5.41, 5.74) is 1.82. The summed E-state index contributed by atoms with van der Waals surface area (Å²) in [6.07, 6.45) is 0.803. The van der Waals surface area contributed by atoms with E-state index in [0.717, 1.165) is 30.8 Å².